The molecule has 0 radical (unpaired) electrons. The lowest BCUT2D eigenvalue weighted by Gasteiger charge is -2.14. The predicted molar refractivity (Wildman–Crippen MR) is 142 cm³/mol. The normalized spacial score (nSPS) is 11.3. The largest absolute Gasteiger partial charge is 0.493 e. The van der Waals surface area contributed by atoms with Crippen LogP contribution in [0.5, 0.6) is 17.2 Å². The van der Waals surface area contributed by atoms with Crippen LogP contribution < -0.4 is 19.8 Å². The molecule has 5 aromatic rings. The molecule has 0 fully saturated rings. The molecular weight excluding hydrogens is 514 g/mol. The summed E-state index contributed by atoms with van der Waals surface area (Å²) in [5.74, 6) is -0.0488. The maximum atomic E-state index is 13.5. The van der Waals surface area contributed by atoms with E-state index in [1.165, 1.54) is 20.4 Å². The van der Waals surface area contributed by atoms with Crippen LogP contribution in [0.3, 0.4) is 0 Å². The highest BCUT2D eigenvalue weighted by atomic mass is 35.5. The molecule has 0 amide bonds. The van der Waals surface area contributed by atoms with Crippen molar-refractivity contribution >= 4 is 45.7 Å². The second kappa shape index (κ2) is 10.3. The van der Waals surface area contributed by atoms with Gasteiger partial charge in [0, 0.05) is 16.0 Å². The van der Waals surface area contributed by atoms with Gasteiger partial charge in [0.05, 0.1) is 31.3 Å². The van der Waals surface area contributed by atoms with Gasteiger partial charge in [0.15, 0.2) is 23.9 Å². The number of carboxylic acid groups (broad SMARTS) is 1. The smallest absolute Gasteiger partial charge is 0.341 e. The minimum absolute atomic E-state index is 0.126. The van der Waals surface area contributed by atoms with E-state index in [4.69, 9.17) is 35.3 Å². The van der Waals surface area contributed by atoms with Crippen LogP contribution in [0.25, 0.3) is 33.5 Å². The SMILES string of the molecule is COc1cc(C=Nn2c(-c3cc4cc(Cl)ccc4o3)nc3ccccc3c2=O)cc(OC)c1OCC(=O)O. The van der Waals surface area contributed by atoms with Crippen LogP contribution >= 0.6 is 11.6 Å². The number of para-hydroxylation sites is 1. The van der Waals surface area contributed by atoms with E-state index in [1.807, 2.05) is 0 Å². The Hall–Kier alpha value is -4.83. The summed E-state index contributed by atoms with van der Waals surface area (Å²) in [7, 11) is 2.82. The van der Waals surface area contributed by atoms with Gasteiger partial charge in [0.1, 0.15) is 5.58 Å². The van der Waals surface area contributed by atoms with E-state index in [1.54, 1.807) is 60.7 Å². The molecule has 0 aliphatic rings. The molecule has 10 nitrogen and oxygen atoms in total. The number of ether oxygens (including phenoxy) is 3. The summed E-state index contributed by atoms with van der Waals surface area (Å²) in [6.45, 7) is -0.579. The third-order valence-corrected chi connectivity index (χ3v) is 5.83. The van der Waals surface area contributed by atoms with Crippen molar-refractivity contribution in [2.75, 3.05) is 20.8 Å². The summed E-state index contributed by atoms with van der Waals surface area (Å²) in [5, 5.41) is 15.1. The van der Waals surface area contributed by atoms with Crippen LogP contribution in [0.1, 0.15) is 5.56 Å². The zero-order chi connectivity index (χ0) is 26.8. The number of halogens is 1. The molecule has 2 aromatic heterocycles. The molecule has 0 unspecified atom stereocenters. The van der Waals surface area contributed by atoms with Crippen molar-refractivity contribution in [1.29, 1.82) is 0 Å². The van der Waals surface area contributed by atoms with Crippen LogP contribution in [0, 0.1) is 0 Å². The van der Waals surface area contributed by atoms with Gasteiger partial charge in [-0.3, -0.25) is 4.79 Å². The molecule has 0 saturated carbocycles. The summed E-state index contributed by atoms with van der Waals surface area (Å²) in [6.07, 6.45) is 1.42. The predicted octanol–water partition coefficient (Wildman–Crippen LogP) is 4.83. The van der Waals surface area contributed by atoms with Crippen LogP contribution in [0.4, 0.5) is 0 Å². The molecule has 2 heterocycles. The van der Waals surface area contributed by atoms with Crippen LogP contribution in [-0.4, -0.2) is 47.8 Å². The number of benzene rings is 3. The zero-order valence-corrected chi connectivity index (χ0v) is 20.9. The molecule has 38 heavy (non-hydrogen) atoms. The fraction of sp³-hybridized carbons (Fsp3) is 0.111. The first-order valence-corrected chi connectivity index (χ1v) is 11.6. The van der Waals surface area contributed by atoms with E-state index < -0.39 is 18.1 Å². The van der Waals surface area contributed by atoms with E-state index in [-0.39, 0.29) is 23.1 Å². The molecule has 1 N–H and O–H groups in total. The van der Waals surface area contributed by atoms with Gasteiger partial charge in [-0.1, -0.05) is 23.7 Å². The molecule has 5 rings (SSSR count). The van der Waals surface area contributed by atoms with Gasteiger partial charge >= 0.3 is 5.97 Å². The summed E-state index contributed by atoms with van der Waals surface area (Å²) in [4.78, 5) is 29.1. The second-order valence-electron chi connectivity index (χ2n) is 8.04. The Morgan fingerprint density at radius 3 is 2.55 bits per heavy atom. The van der Waals surface area contributed by atoms with Gasteiger partial charge < -0.3 is 23.7 Å². The number of furan rings is 1. The lowest BCUT2D eigenvalue weighted by molar-refractivity contribution is -0.139. The topological polar surface area (TPSA) is 125 Å². The third kappa shape index (κ3) is 4.76. The Bertz CT molecular complexity index is 1750. The highest BCUT2D eigenvalue weighted by Crippen LogP contribution is 2.38. The first-order chi connectivity index (χ1) is 18.4. The fourth-order valence-electron chi connectivity index (χ4n) is 3.89. The first-order valence-electron chi connectivity index (χ1n) is 11.2. The lowest BCUT2D eigenvalue weighted by atomic mass is 10.2. The number of hydrogen-bond acceptors (Lipinski definition) is 8. The number of fused-ring (bicyclic) bond motifs is 2. The number of carboxylic acids is 1. The molecule has 0 saturated heterocycles. The van der Waals surface area contributed by atoms with Gasteiger partial charge in [0.2, 0.25) is 11.6 Å². The minimum Gasteiger partial charge on any atom is -0.493 e. The molecule has 0 aliphatic carbocycles. The van der Waals surface area contributed by atoms with Crippen LogP contribution in [0.15, 0.2) is 75.0 Å². The summed E-state index contributed by atoms with van der Waals surface area (Å²) >= 11 is 6.13. The van der Waals surface area contributed by atoms with Gasteiger partial charge in [0.25, 0.3) is 5.56 Å². The summed E-state index contributed by atoms with van der Waals surface area (Å²) in [5.41, 5.74) is 1.15. The maximum absolute atomic E-state index is 13.5. The lowest BCUT2D eigenvalue weighted by Crippen LogP contribution is -2.20. The van der Waals surface area contributed by atoms with Crippen molar-refractivity contribution in [3.63, 3.8) is 0 Å². The second-order valence-corrected chi connectivity index (χ2v) is 8.48. The number of nitrogens with zero attached hydrogens (tertiary/aromatic N) is 3. The van der Waals surface area contributed by atoms with Gasteiger partial charge in [-0.15, -0.1) is 0 Å². The molecule has 0 spiro atoms. The zero-order valence-electron chi connectivity index (χ0n) is 20.2. The summed E-state index contributed by atoms with van der Waals surface area (Å²) in [6, 6.07) is 17.0. The highest BCUT2D eigenvalue weighted by Gasteiger charge is 2.18. The minimum atomic E-state index is -1.15. The first kappa shape index (κ1) is 24.8. The van der Waals surface area contributed by atoms with Gasteiger partial charge in [-0.25, -0.2) is 9.78 Å². The Kier molecular flexibility index (Phi) is 6.71. The van der Waals surface area contributed by atoms with Crippen molar-refractivity contribution < 1.29 is 28.5 Å². The Morgan fingerprint density at radius 2 is 1.84 bits per heavy atom. The Morgan fingerprint density at radius 1 is 1.11 bits per heavy atom. The number of carbonyl (C=O) groups is 1. The van der Waals surface area contributed by atoms with Gasteiger partial charge in [-0.05, 0) is 48.5 Å². The van der Waals surface area contributed by atoms with E-state index in [9.17, 15) is 9.59 Å². The molecule has 0 atom stereocenters. The van der Waals surface area contributed by atoms with Crippen molar-refractivity contribution in [2.45, 2.75) is 0 Å². The monoisotopic (exact) mass is 533 g/mol. The standard InChI is InChI=1S/C27H20ClN3O7/c1-35-21-9-15(10-22(36-2)25(21)37-14-24(32)33)13-29-31-26(30-19-6-4-3-5-18(19)27(31)34)23-12-16-11-17(28)7-8-20(16)38-23/h3-13H,14H2,1-2H3,(H,32,33). The quantitative estimate of drug-likeness (QED) is 0.281. The fourth-order valence-corrected chi connectivity index (χ4v) is 4.07. The average Bonchev–Trinajstić information content (AvgIpc) is 3.34. The number of aliphatic carboxylic acids is 1. The molecule has 11 heteroatoms. The van der Waals surface area contributed by atoms with E-state index in [0.717, 1.165) is 10.1 Å². The number of methoxy groups -OCH3 is 2. The third-order valence-electron chi connectivity index (χ3n) is 5.60. The molecule has 192 valence electrons. The highest BCUT2D eigenvalue weighted by molar-refractivity contribution is 6.31. The maximum Gasteiger partial charge on any atom is 0.341 e. The number of hydrogen-bond donors (Lipinski definition) is 1. The Labute approximate surface area is 220 Å². The van der Waals surface area contributed by atoms with Crippen molar-refractivity contribution in [1.82, 2.24) is 9.66 Å². The van der Waals surface area contributed by atoms with E-state index in [0.29, 0.717) is 32.8 Å². The number of aromatic nitrogens is 2. The molecule has 0 aliphatic heterocycles. The van der Waals surface area contributed by atoms with E-state index in [2.05, 4.69) is 10.1 Å². The Balaban J connectivity index is 1.65. The average molecular weight is 534 g/mol. The van der Waals surface area contributed by atoms with Gasteiger partial charge in [-0.2, -0.15) is 9.78 Å². The summed E-state index contributed by atoms with van der Waals surface area (Å²) < 4.78 is 23.2. The van der Waals surface area contributed by atoms with Crippen molar-refractivity contribution in [2.24, 2.45) is 5.10 Å². The number of rotatable bonds is 8. The molecular formula is C27H20ClN3O7. The van der Waals surface area contributed by atoms with Crippen molar-refractivity contribution in [3.8, 4) is 28.8 Å². The van der Waals surface area contributed by atoms with Crippen molar-refractivity contribution in [3.05, 3.63) is 81.6 Å². The van der Waals surface area contributed by atoms with Crippen LogP contribution in [0.2, 0.25) is 5.02 Å². The molecule has 3 aromatic carbocycles. The molecule has 0 bridgehead atoms. The van der Waals surface area contributed by atoms with Crippen LogP contribution in [-0.2, 0) is 4.79 Å². The van der Waals surface area contributed by atoms with E-state index >= 15 is 0 Å².